The van der Waals surface area contributed by atoms with Crippen LogP contribution in [0, 0.1) is 5.82 Å². The van der Waals surface area contributed by atoms with Crippen LogP contribution in [0.3, 0.4) is 0 Å². The number of anilines is 1. The van der Waals surface area contributed by atoms with Gasteiger partial charge in [-0.3, -0.25) is 9.36 Å². The Morgan fingerprint density at radius 2 is 1.55 bits per heavy atom. The lowest BCUT2D eigenvalue weighted by Gasteiger charge is -2.11. The third kappa shape index (κ3) is 5.47. The Kier molecular flexibility index (Phi) is 6.85. The SMILES string of the molecule is O=C(CSc1nnc(CS(=O)(=O)c2ccccc2)n1-c1ccccc1)Nc1ccccc1F. The van der Waals surface area contributed by atoms with Crippen molar-refractivity contribution >= 4 is 33.2 Å². The van der Waals surface area contributed by atoms with Gasteiger partial charge in [-0.25, -0.2) is 12.8 Å². The van der Waals surface area contributed by atoms with E-state index in [4.69, 9.17) is 0 Å². The van der Waals surface area contributed by atoms with Crippen molar-refractivity contribution in [3.63, 3.8) is 0 Å². The number of nitrogens with one attached hydrogen (secondary N) is 1. The molecule has 1 heterocycles. The predicted molar refractivity (Wildman–Crippen MR) is 124 cm³/mol. The van der Waals surface area contributed by atoms with Gasteiger partial charge in [0.05, 0.1) is 16.3 Å². The second-order valence-electron chi connectivity index (χ2n) is 6.96. The summed E-state index contributed by atoms with van der Waals surface area (Å²) in [6.07, 6.45) is 0. The first-order valence-electron chi connectivity index (χ1n) is 9.89. The fraction of sp³-hybridized carbons (Fsp3) is 0.0870. The second kappa shape index (κ2) is 9.97. The normalized spacial score (nSPS) is 11.3. The van der Waals surface area contributed by atoms with Crippen LogP contribution < -0.4 is 5.32 Å². The molecule has 0 saturated heterocycles. The summed E-state index contributed by atoms with van der Waals surface area (Å²) in [5.41, 5.74) is 0.750. The first kappa shape index (κ1) is 22.7. The molecule has 0 saturated carbocycles. The van der Waals surface area contributed by atoms with Gasteiger partial charge >= 0.3 is 0 Å². The zero-order valence-electron chi connectivity index (χ0n) is 17.3. The number of benzene rings is 3. The lowest BCUT2D eigenvalue weighted by atomic mass is 10.3. The number of thioether (sulfide) groups is 1. The Morgan fingerprint density at radius 1 is 0.909 bits per heavy atom. The smallest absolute Gasteiger partial charge is 0.234 e. The molecule has 0 bridgehead atoms. The van der Waals surface area contributed by atoms with Crippen LogP contribution in [0.25, 0.3) is 5.69 Å². The van der Waals surface area contributed by atoms with Crippen molar-refractivity contribution in [2.45, 2.75) is 15.8 Å². The van der Waals surface area contributed by atoms with Crippen molar-refractivity contribution in [1.29, 1.82) is 0 Å². The summed E-state index contributed by atoms with van der Waals surface area (Å²) in [5, 5.41) is 11.1. The molecular formula is C23H19FN4O3S2. The van der Waals surface area contributed by atoms with E-state index in [-0.39, 0.29) is 27.9 Å². The van der Waals surface area contributed by atoms with E-state index < -0.39 is 21.6 Å². The highest BCUT2D eigenvalue weighted by Crippen LogP contribution is 2.25. The van der Waals surface area contributed by atoms with E-state index in [1.807, 2.05) is 18.2 Å². The molecule has 0 aliphatic heterocycles. The van der Waals surface area contributed by atoms with Crippen LogP contribution in [0.2, 0.25) is 0 Å². The van der Waals surface area contributed by atoms with Gasteiger partial charge in [-0.05, 0) is 36.4 Å². The molecule has 1 N–H and O–H groups in total. The molecule has 33 heavy (non-hydrogen) atoms. The Hall–Kier alpha value is -3.50. The molecule has 1 amide bonds. The molecule has 168 valence electrons. The number of para-hydroxylation sites is 2. The predicted octanol–water partition coefficient (Wildman–Crippen LogP) is 4.11. The molecule has 0 aliphatic carbocycles. The minimum Gasteiger partial charge on any atom is -0.323 e. The molecule has 7 nitrogen and oxygen atoms in total. The van der Waals surface area contributed by atoms with Crippen LogP contribution in [0.1, 0.15) is 5.82 Å². The summed E-state index contributed by atoms with van der Waals surface area (Å²) in [6, 6.07) is 23.0. The molecule has 4 rings (SSSR count). The maximum atomic E-state index is 13.8. The van der Waals surface area contributed by atoms with Gasteiger partial charge in [-0.15, -0.1) is 10.2 Å². The van der Waals surface area contributed by atoms with E-state index in [2.05, 4.69) is 15.5 Å². The lowest BCUT2D eigenvalue weighted by Crippen LogP contribution is -2.16. The fourth-order valence-electron chi connectivity index (χ4n) is 3.08. The first-order valence-corrected chi connectivity index (χ1v) is 12.5. The van der Waals surface area contributed by atoms with Crippen molar-refractivity contribution < 1.29 is 17.6 Å². The highest BCUT2D eigenvalue weighted by atomic mass is 32.2. The van der Waals surface area contributed by atoms with Crippen LogP contribution in [0.15, 0.2) is 95.0 Å². The number of hydrogen-bond donors (Lipinski definition) is 1. The van der Waals surface area contributed by atoms with E-state index in [0.29, 0.717) is 10.8 Å². The average Bonchev–Trinajstić information content (AvgIpc) is 3.22. The number of hydrogen-bond acceptors (Lipinski definition) is 6. The number of halogens is 1. The van der Waals surface area contributed by atoms with Gasteiger partial charge in [0, 0.05) is 5.69 Å². The molecule has 4 aromatic rings. The van der Waals surface area contributed by atoms with E-state index in [1.165, 1.54) is 30.3 Å². The second-order valence-corrected chi connectivity index (χ2v) is 9.89. The number of carbonyl (C=O) groups excluding carboxylic acids is 1. The van der Waals surface area contributed by atoms with Crippen molar-refractivity contribution in [1.82, 2.24) is 14.8 Å². The highest BCUT2D eigenvalue weighted by Gasteiger charge is 2.23. The molecular weight excluding hydrogens is 463 g/mol. The average molecular weight is 483 g/mol. The Balaban J connectivity index is 1.58. The zero-order chi connectivity index (χ0) is 23.3. The summed E-state index contributed by atoms with van der Waals surface area (Å²) < 4.78 is 41.2. The summed E-state index contributed by atoms with van der Waals surface area (Å²) >= 11 is 1.08. The van der Waals surface area contributed by atoms with Gasteiger partial charge in [0.1, 0.15) is 11.6 Å². The number of amides is 1. The molecule has 0 aliphatic rings. The summed E-state index contributed by atoms with van der Waals surface area (Å²) in [5.74, 6) is -1.16. The summed E-state index contributed by atoms with van der Waals surface area (Å²) in [6.45, 7) is 0. The number of sulfone groups is 1. The number of carbonyl (C=O) groups is 1. The molecule has 0 fully saturated rings. The maximum absolute atomic E-state index is 13.8. The van der Waals surface area contributed by atoms with Gasteiger partial charge < -0.3 is 5.32 Å². The molecule has 1 aromatic heterocycles. The van der Waals surface area contributed by atoms with Gasteiger partial charge in [0.25, 0.3) is 0 Å². The number of nitrogens with zero attached hydrogens (tertiary/aromatic N) is 3. The van der Waals surface area contributed by atoms with E-state index in [1.54, 1.807) is 41.0 Å². The molecule has 0 radical (unpaired) electrons. The summed E-state index contributed by atoms with van der Waals surface area (Å²) in [4.78, 5) is 12.5. The molecule has 0 unspecified atom stereocenters. The minimum absolute atomic E-state index is 0.0647. The largest absolute Gasteiger partial charge is 0.323 e. The molecule has 0 atom stereocenters. The first-order chi connectivity index (χ1) is 15.9. The lowest BCUT2D eigenvalue weighted by molar-refractivity contribution is -0.113. The third-order valence-corrected chi connectivity index (χ3v) is 7.17. The molecule has 10 heteroatoms. The van der Waals surface area contributed by atoms with Crippen LogP contribution >= 0.6 is 11.8 Å². The van der Waals surface area contributed by atoms with Crippen LogP contribution in [-0.4, -0.2) is 34.8 Å². The minimum atomic E-state index is -3.66. The zero-order valence-corrected chi connectivity index (χ0v) is 18.9. The van der Waals surface area contributed by atoms with Gasteiger partial charge in [-0.2, -0.15) is 0 Å². The maximum Gasteiger partial charge on any atom is 0.234 e. The van der Waals surface area contributed by atoms with Crippen molar-refractivity contribution in [2.24, 2.45) is 0 Å². The number of aromatic nitrogens is 3. The Bertz CT molecular complexity index is 1360. The third-order valence-electron chi connectivity index (χ3n) is 4.62. The topological polar surface area (TPSA) is 94.0 Å². The van der Waals surface area contributed by atoms with E-state index >= 15 is 0 Å². The van der Waals surface area contributed by atoms with Crippen molar-refractivity contribution in [3.8, 4) is 5.69 Å². The van der Waals surface area contributed by atoms with Gasteiger partial charge in [0.2, 0.25) is 5.91 Å². The Labute approximate surface area is 194 Å². The number of rotatable bonds is 8. The van der Waals surface area contributed by atoms with Crippen molar-refractivity contribution in [2.75, 3.05) is 11.1 Å². The van der Waals surface area contributed by atoms with E-state index in [0.717, 1.165) is 11.8 Å². The monoisotopic (exact) mass is 482 g/mol. The molecule has 3 aromatic carbocycles. The quantitative estimate of drug-likeness (QED) is 0.380. The van der Waals surface area contributed by atoms with Crippen LogP contribution in [-0.2, 0) is 20.4 Å². The standard InChI is InChI=1S/C23H19FN4O3S2/c24-19-13-7-8-14-20(19)25-22(29)15-32-23-27-26-21(28(23)17-9-3-1-4-10-17)16-33(30,31)18-11-5-2-6-12-18/h1-14H,15-16H2,(H,25,29). The Morgan fingerprint density at radius 3 is 2.24 bits per heavy atom. The fourth-order valence-corrected chi connectivity index (χ4v) is 5.12. The molecule has 0 spiro atoms. The van der Waals surface area contributed by atoms with Crippen LogP contribution in [0.4, 0.5) is 10.1 Å². The highest BCUT2D eigenvalue weighted by molar-refractivity contribution is 7.99. The summed E-state index contributed by atoms with van der Waals surface area (Å²) in [7, 11) is -3.66. The van der Waals surface area contributed by atoms with E-state index in [9.17, 15) is 17.6 Å². The van der Waals surface area contributed by atoms with Gasteiger partial charge in [-0.1, -0.05) is 60.3 Å². The van der Waals surface area contributed by atoms with Gasteiger partial charge in [0.15, 0.2) is 20.8 Å². The van der Waals surface area contributed by atoms with Crippen molar-refractivity contribution in [3.05, 3.63) is 96.6 Å². The van der Waals surface area contributed by atoms with Crippen LogP contribution in [0.5, 0.6) is 0 Å².